The molecule has 0 saturated heterocycles. The zero-order valence-corrected chi connectivity index (χ0v) is 17.8. The number of rotatable bonds is 9. The van der Waals surface area contributed by atoms with Gasteiger partial charge in [-0.15, -0.1) is 0 Å². The summed E-state index contributed by atoms with van der Waals surface area (Å²) < 4.78 is 8.42. The molecule has 0 fully saturated rings. The summed E-state index contributed by atoms with van der Waals surface area (Å²) in [5, 5.41) is 0.338. The van der Waals surface area contributed by atoms with Crippen molar-refractivity contribution in [1.29, 1.82) is 0 Å². The minimum atomic E-state index is -1.52. The number of hydrogen-bond donors (Lipinski definition) is 0. The second-order valence-electron chi connectivity index (χ2n) is 7.72. The fourth-order valence-electron chi connectivity index (χ4n) is 2.01. The molecule has 0 rings (SSSR count). The molecule has 120 valence electrons. The van der Waals surface area contributed by atoms with Gasteiger partial charge in [-0.05, 0) is 47.9 Å². The fraction of sp³-hybridized carbons (Fsp3) is 0.882. The third-order valence-corrected chi connectivity index (χ3v) is 10.1. The Kier molecular flexibility index (Phi) is 9.93. The van der Waals surface area contributed by atoms with Crippen LogP contribution in [0.2, 0.25) is 18.1 Å². The van der Waals surface area contributed by atoms with E-state index in [1.54, 1.807) is 0 Å². The maximum absolute atomic E-state index is 6.21. The maximum atomic E-state index is 6.21. The quantitative estimate of drug-likeness (QED) is 0.227. The van der Waals surface area contributed by atoms with E-state index in [0.29, 0.717) is 5.04 Å². The first kappa shape index (κ1) is 20.6. The lowest BCUT2D eigenvalue weighted by Gasteiger charge is -2.36. The lowest BCUT2D eigenvalue weighted by Crippen LogP contribution is -2.40. The first-order chi connectivity index (χ1) is 9.10. The molecule has 20 heavy (non-hydrogen) atoms. The average molecular weight is 410 g/mol. The van der Waals surface area contributed by atoms with Gasteiger partial charge in [-0.25, -0.2) is 0 Å². The van der Waals surface area contributed by atoms with Crippen molar-refractivity contribution in [2.75, 3.05) is 6.61 Å². The van der Waals surface area contributed by atoms with Crippen molar-refractivity contribution >= 4 is 30.9 Å². The van der Waals surface area contributed by atoms with Crippen molar-refractivity contribution in [3.63, 3.8) is 0 Å². The lowest BCUT2D eigenvalue weighted by molar-refractivity contribution is 0.276. The molecule has 0 aromatic carbocycles. The Balaban J connectivity index is 3.69. The van der Waals surface area contributed by atoms with Crippen molar-refractivity contribution < 1.29 is 4.43 Å². The van der Waals surface area contributed by atoms with Crippen LogP contribution >= 0.6 is 22.6 Å². The highest BCUT2D eigenvalue weighted by Crippen LogP contribution is 2.36. The zero-order chi connectivity index (χ0) is 15.8. The zero-order valence-electron chi connectivity index (χ0n) is 14.7. The van der Waals surface area contributed by atoms with E-state index in [1.807, 2.05) is 0 Å². The lowest BCUT2D eigenvalue weighted by atomic mass is 9.97. The molecule has 0 aromatic rings. The summed E-state index contributed by atoms with van der Waals surface area (Å²) in [6.45, 7) is 17.2. The summed E-state index contributed by atoms with van der Waals surface area (Å²) in [7, 11) is -1.52. The molecule has 0 aliphatic carbocycles. The molecule has 3 heteroatoms. The molecule has 1 atom stereocenters. The van der Waals surface area contributed by atoms with Crippen molar-refractivity contribution in [2.45, 2.75) is 84.9 Å². The number of unbranched alkanes of at least 4 members (excludes halogenated alkanes) is 2. The summed E-state index contributed by atoms with van der Waals surface area (Å²) in [5.41, 5.74) is 1.51. The van der Waals surface area contributed by atoms with Gasteiger partial charge in [0.05, 0.1) is 0 Å². The van der Waals surface area contributed by atoms with E-state index in [1.165, 1.54) is 37.7 Å². The van der Waals surface area contributed by atoms with Crippen LogP contribution in [0.4, 0.5) is 0 Å². The Labute approximate surface area is 142 Å². The van der Waals surface area contributed by atoms with Crippen molar-refractivity contribution in [3.05, 3.63) is 9.66 Å². The van der Waals surface area contributed by atoms with E-state index in [-0.39, 0.29) is 0 Å². The van der Waals surface area contributed by atoms with Crippen LogP contribution in [0.25, 0.3) is 0 Å². The minimum Gasteiger partial charge on any atom is -0.417 e. The molecule has 1 nitrogen and oxygen atoms in total. The largest absolute Gasteiger partial charge is 0.417 e. The predicted molar refractivity (Wildman–Crippen MR) is 103 cm³/mol. The van der Waals surface area contributed by atoms with Gasteiger partial charge in [0.2, 0.25) is 0 Å². The fourth-order valence-corrected chi connectivity index (χ4v) is 3.35. The monoisotopic (exact) mass is 410 g/mol. The molecule has 0 spiro atoms. The molecule has 0 aliphatic rings. The van der Waals surface area contributed by atoms with Crippen LogP contribution in [0.15, 0.2) is 9.66 Å². The van der Waals surface area contributed by atoms with E-state index < -0.39 is 8.32 Å². The molecule has 0 unspecified atom stereocenters. The van der Waals surface area contributed by atoms with Crippen LogP contribution in [0.1, 0.15) is 66.7 Å². The summed E-state index contributed by atoms with van der Waals surface area (Å²) in [4.78, 5) is 0. The van der Waals surface area contributed by atoms with Crippen LogP contribution in [0, 0.1) is 5.92 Å². The first-order valence-electron chi connectivity index (χ1n) is 8.00. The average Bonchev–Trinajstić information content (AvgIpc) is 2.31. The number of hydrogen-bond acceptors (Lipinski definition) is 1. The highest BCUT2D eigenvalue weighted by molar-refractivity contribution is 14.1. The molecule has 0 radical (unpaired) electrons. The van der Waals surface area contributed by atoms with Gasteiger partial charge in [0.15, 0.2) is 8.32 Å². The van der Waals surface area contributed by atoms with Gasteiger partial charge in [0.25, 0.3) is 0 Å². The molecule has 0 aliphatic heterocycles. The van der Waals surface area contributed by atoms with Crippen LogP contribution in [0.3, 0.4) is 0 Å². The van der Waals surface area contributed by atoms with Crippen LogP contribution in [-0.2, 0) is 4.43 Å². The SMILES string of the molecule is C/C(=C\I)C[C@H](C)CCCCCO[Si](C)(C)C(C)(C)C. The van der Waals surface area contributed by atoms with Crippen molar-refractivity contribution in [3.8, 4) is 0 Å². The number of allylic oxidation sites excluding steroid dienone is 1. The summed E-state index contributed by atoms with van der Waals surface area (Å²) in [5.74, 6) is 0.822. The molecule has 0 heterocycles. The molecular formula is C17H35IOSi. The first-order valence-corrected chi connectivity index (χ1v) is 12.2. The van der Waals surface area contributed by atoms with E-state index in [2.05, 4.69) is 74.4 Å². The summed E-state index contributed by atoms with van der Waals surface area (Å²) >= 11 is 2.34. The molecule has 0 N–H and O–H groups in total. The predicted octanol–water partition coefficient (Wildman–Crippen LogP) is 6.93. The van der Waals surface area contributed by atoms with Gasteiger partial charge >= 0.3 is 0 Å². The highest BCUT2D eigenvalue weighted by atomic mass is 127. The Morgan fingerprint density at radius 3 is 2.30 bits per heavy atom. The molecule has 0 saturated carbocycles. The molecular weight excluding hydrogens is 375 g/mol. The van der Waals surface area contributed by atoms with Gasteiger partial charge in [-0.2, -0.15) is 0 Å². The van der Waals surface area contributed by atoms with Gasteiger partial charge < -0.3 is 4.43 Å². The Morgan fingerprint density at radius 1 is 1.20 bits per heavy atom. The summed E-state index contributed by atoms with van der Waals surface area (Å²) in [6, 6.07) is 0. The van der Waals surface area contributed by atoms with Crippen LogP contribution in [-0.4, -0.2) is 14.9 Å². The Bertz CT molecular complexity index is 292. The van der Waals surface area contributed by atoms with Gasteiger partial charge in [-0.1, -0.05) is 75.1 Å². The molecule has 0 aromatic heterocycles. The molecule has 0 bridgehead atoms. The van der Waals surface area contributed by atoms with E-state index in [4.69, 9.17) is 4.43 Å². The van der Waals surface area contributed by atoms with E-state index in [0.717, 1.165) is 12.5 Å². The van der Waals surface area contributed by atoms with Crippen LogP contribution in [0.5, 0.6) is 0 Å². The van der Waals surface area contributed by atoms with Gasteiger partial charge in [0, 0.05) is 6.61 Å². The number of halogens is 1. The smallest absolute Gasteiger partial charge is 0.191 e. The van der Waals surface area contributed by atoms with Crippen molar-refractivity contribution in [1.82, 2.24) is 0 Å². The van der Waals surface area contributed by atoms with Gasteiger partial charge in [-0.3, -0.25) is 0 Å². The minimum absolute atomic E-state index is 0.338. The van der Waals surface area contributed by atoms with E-state index in [9.17, 15) is 0 Å². The van der Waals surface area contributed by atoms with E-state index >= 15 is 0 Å². The third-order valence-electron chi connectivity index (χ3n) is 4.47. The third kappa shape index (κ3) is 8.83. The maximum Gasteiger partial charge on any atom is 0.191 e. The summed E-state index contributed by atoms with van der Waals surface area (Å²) in [6.07, 6.45) is 6.48. The Hall–Kier alpha value is 0.647. The second-order valence-corrected chi connectivity index (χ2v) is 13.2. The standard InChI is InChI=1S/C17H35IOSi/c1-15(13-16(2)14-18)11-9-8-10-12-19-20(6,7)17(3,4)5/h14-15H,8-13H2,1-7H3/b16-14+/t15-/m1/s1. The van der Waals surface area contributed by atoms with Crippen molar-refractivity contribution in [2.24, 2.45) is 5.92 Å². The normalized spacial score (nSPS) is 15.5. The molecule has 0 amide bonds. The Morgan fingerprint density at radius 2 is 1.80 bits per heavy atom. The second kappa shape index (κ2) is 9.62. The van der Waals surface area contributed by atoms with Crippen LogP contribution < -0.4 is 0 Å². The topological polar surface area (TPSA) is 9.23 Å². The highest BCUT2D eigenvalue weighted by Gasteiger charge is 2.36. The van der Waals surface area contributed by atoms with Gasteiger partial charge in [0.1, 0.15) is 0 Å².